The van der Waals surface area contributed by atoms with E-state index in [1.54, 1.807) is 0 Å². The lowest BCUT2D eigenvalue weighted by Gasteiger charge is -2.02. The first-order valence-electron chi connectivity index (χ1n) is 6.91. The van der Waals surface area contributed by atoms with Crippen LogP contribution in [-0.4, -0.2) is 19.6 Å². The van der Waals surface area contributed by atoms with Crippen LogP contribution in [0, 0.1) is 10.1 Å². The third-order valence-corrected chi connectivity index (χ3v) is 3.48. The average molecular weight is 358 g/mol. The zero-order valence-electron chi connectivity index (χ0n) is 13.3. The molecule has 0 saturated carbocycles. The van der Waals surface area contributed by atoms with E-state index in [1.165, 1.54) is 18.2 Å². The topological polar surface area (TPSA) is 77.3 Å². The number of benzene rings is 2. The largest absolute Gasteiger partial charge is 0.292 e. The molecular formula is C16H20ClNO4S. The summed E-state index contributed by atoms with van der Waals surface area (Å²) in [7, 11) is -3.31. The minimum Gasteiger partial charge on any atom is -0.258 e. The van der Waals surface area contributed by atoms with Crippen molar-refractivity contribution in [3.63, 3.8) is 0 Å². The van der Waals surface area contributed by atoms with Gasteiger partial charge >= 0.3 is 0 Å². The first-order valence-corrected chi connectivity index (χ1v) is 9.34. The highest BCUT2D eigenvalue weighted by Crippen LogP contribution is 2.29. The molecule has 7 heteroatoms. The van der Waals surface area contributed by atoms with Crippen molar-refractivity contribution in [2.45, 2.75) is 19.6 Å². The summed E-state index contributed by atoms with van der Waals surface area (Å²) in [4.78, 5) is 9.98. The van der Waals surface area contributed by atoms with Gasteiger partial charge in [0, 0.05) is 11.8 Å². The highest BCUT2D eigenvalue weighted by atomic mass is 35.5. The van der Waals surface area contributed by atoms with Crippen molar-refractivity contribution in [2.75, 3.05) is 6.26 Å². The number of nitrogens with zero attached hydrogens (tertiary/aromatic N) is 1. The van der Waals surface area contributed by atoms with E-state index in [-0.39, 0.29) is 22.0 Å². The van der Waals surface area contributed by atoms with Gasteiger partial charge in [0.05, 0.1) is 10.7 Å². The van der Waals surface area contributed by atoms with E-state index >= 15 is 0 Å². The standard InChI is InChI=1S/C8H8ClNO4S.C6H6.C2H6/c1-15(13,14)5-6-3-2-4-7(9)8(6)10(11)12;1-2-4-6-5-3-1;1-2/h2-4H,5H2,1H3;1-6H;1-2H3. The third kappa shape index (κ3) is 8.95. The number of nitro benzene ring substituents is 1. The van der Waals surface area contributed by atoms with E-state index in [0.29, 0.717) is 0 Å². The quantitative estimate of drug-likeness (QED) is 0.598. The second-order valence-electron chi connectivity index (χ2n) is 4.23. The molecule has 126 valence electrons. The first kappa shape index (κ1) is 21.1. The Morgan fingerprint density at radius 2 is 1.43 bits per heavy atom. The molecule has 23 heavy (non-hydrogen) atoms. The van der Waals surface area contributed by atoms with E-state index in [9.17, 15) is 18.5 Å². The normalized spacial score (nSPS) is 9.74. The molecule has 0 aliphatic rings. The van der Waals surface area contributed by atoms with Gasteiger partial charge in [-0.3, -0.25) is 10.1 Å². The SMILES string of the molecule is CC.CS(=O)(=O)Cc1cccc(Cl)c1[N+](=O)[O-].c1ccccc1. The van der Waals surface area contributed by atoms with Gasteiger partial charge in [0.2, 0.25) is 0 Å². The van der Waals surface area contributed by atoms with Crippen LogP contribution >= 0.6 is 11.6 Å². The van der Waals surface area contributed by atoms with Gasteiger partial charge in [-0.2, -0.15) is 0 Å². The predicted molar refractivity (Wildman–Crippen MR) is 94.4 cm³/mol. The first-order chi connectivity index (χ1) is 10.8. The zero-order chi connectivity index (χ0) is 17.9. The molecule has 0 atom stereocenters. The molecular weight excluding hydrogens is 338 g/mol. The van der Waals surface area contributed by atoms with E-state index in [0.717, 1.165) is 6.26 Å². The number of nitro groups is 1. The number of hydrogen-bond donors (Lipinski definition) is 0. The predicted octanol–water partition coefficient (Wildman–Crippen LogP) is 4.51. The Morgan fingerprint density at radius 3 is 1.78 bits per heavy atom. The molecule has 0 aliphatic heterocycles. The molecule has 0 radical (unpaired) electrons. The lowest BCUT2D eigenvalue weighted by atomic mass is 10.2. The Balaban J connectivity index is 0.000000501. The summed E-state index contributed by atoms with van der Waals surface area (Å²) >= 11 is 5.62. The minimum absolute atomic E-state index is 0.0545. The Hall–Kier alpha value is -1.92. The van der Waals surface area contributed by atoms with Crippen molar-refractivity contribution in [1.29, 1.82) is 0 Å². The monoisotopic (exact) mass is 357 g/mol. The van der Waals surface area contributed by atoms with Gasteiger partial charge < -0.3 is 0 Å². The van der Waals surface area contributed by atoms with Gasteiger partial charge in [-0.05, 0) is 6.07 Å². The third-order valence-electron chi connectivity index (χ3n) is 2.34. The van der Waals surface area contributed by atoms with Crippen molar-refractivity contribution >= 4 is 27.1 Å². The Labute approximate surface area is 142 Å². The molecule has 0 amide bonds. The van der Waals surface area contributed by atoms with Crippen LogP contribution in [0.25, 0.3) is 0 Å². The maximum absolute atomic E-state index is 11.0. The van der Waals surface area contributed by atoms with Gasteiger partial charge in [0.1, 0.15) is 5.02 Å². The summed E-state index contributed by atoms with van der Waals surface area (Å²) in [6.45, 7) is 4.00. The molecule has 2 rings (SSSR count). The van der Waals surface area contributed by atoms with Crippen molar-refractivity contribution in [2.24, 2.45) is 0 Å². The van der Waals surface area contributed by atoms with Crippen LogP contribution < -0.4 is 0 Å². The molecule has 5 nitrogen and oxygen atoms in total. The maximum Gasteiger partial charge on any atom is 0.292 e. The van der Waals surface area contributed by atoms with Crippen LogP contribution in [0.15, 0.2) is 54.6 Å². The summed E-state index contributed by atoms with van der Waals surface area (Å²) in [6.07, 6.45) is 1.01. The Kier molecular flexibility index (Phi) is 9.85. The summed E-state index contributed by atoms with van der Waals surface area (Å²) in [5.74, 6) is -0.385. The second-order valence-corrected chi connectivity index (χ2v) is 6.78. The smallest absolute Gasteiger partial charge is 0.258 e. The van der Waals surface area contributed by atoms with Gasteiger partial charge in [-0.1, -0.05) is 74.0 Å². The Morgan fingerprint density at radius 1 is 1.00 bits per heavy atom. The lowest BCUT2D eigenvalue weighted by molar-refractivity contribution is -0.385. The van der Waals surface area contributed by atoms with Crippen molar-refractivity contribution in [3.05, 3.63) is 75.3 Å². The van der Waals surface area contributed by atoms with Crippen LogP contribution in [0.5, 0.6) is 0 Å². The van der Waals surface area contributed by atoms with Gasteiger partial charge in [-0.15, -0.1) is 0 Å². The van der Waals surface area contributed by atoms with Crippen LogP contribution in [0.1, 0.15) is 19.4 Å². The van der Waals surface area contributed by atoms with Crippen LogP contribution in [0.2, 0.25) is 5.02 Å². The highest BCUT2D eigenvalue weighted by molar-refractivity contribution is 7.89. The van der Waals surface area contributed by atoms with Crippen molar-refractivity contribution < 1.29 is 13.3 Å². The molecule has 2 aromatic carbocycles. The summed E-state index contributed by atoms with van der Waals surface area (Å²) in [5, 5.41) is 10.6. The summed E-state index contributed by atoms with van der Waals surface area (Å²) in [6, 6.07) is 16.2. The average Bonchev–Trinajstić information content (AvgIpc) is 2.50. The van der Waals surface area contributed by atoms with Gasteiger partial charge in [0.15, 0.2) is 9.84 Å². The molecule has 0 unspecified atom stereocenters. The zero-order valence-corrected chi connectivity index (χ0v) is 14.8. The fourth-order valence-electron chi connectivity index (χ4n) is 1.55. The van der Waals surface area contributed by atoms with Crippen LogP contribution in [0.4, 0.5) is 5.69 Å². The number of para-hydroxylation sites is 1. The molecule has 0 saturated heterocycles. The highest BCUT2D eigenvalue weighted by Gasteiger charge is 2.20. The second kappa shape index (κ2) is 10.7. The molecule has 0 heterocycles. The molecule has 0 aromatic heterocycles. The Bertz CT molecular complexity index is 677. The van der Waals surface area contributed by atoms with E-state index in [4.69, 9.17) is 11.6 Å². The fourth-order valence-corrected chi connectivity index (χ4v) is 2.61. The van der Waals surface area contributed by atoms with Gasteiger partial charge in [0.25, 0.3) is 5.69 Å². The summed E-state index contributed by atoms with van der Waals surface area (Å²) in [5.41, 5.74) is -0.236. The fraction of sp³-hybridized carbons (Fsp3) is 0.250. The van der Waals surface area contributed by atoms with E-state index in [1.807, 2.05) is 50.2 Å². The van der Waals surface area contributed by atoms with Crippen molar-refractivity contribution in [3.8, 4) is 0 Å². The number of halogens is 1. The van der Waals surface area contributed by atoms with Crippen LogP contribution in [-0.2, 0) is 15.6 Å². The number of rotatable bonds is 3. The van der Waals surface area contributed by atoms with Crippen molar-refractivity contribution in [1.82, 2.24) is 0 Å². The molecule has 0 aliphatic carbocycles. The summed E-state index contributed by atoms with van der Waals surface area (Å²) < 4.78 is 22.0. The van der Waals surface area contributed by atoms with Gasteiger partial charge in [-0.25, -0.2) is 8.42 Å². The van der Waals surface area contributed by atoms with Crippen LogP contribution in [0.3, 0.4) is 0 Å². The molecule has 0 N–H and O–H groups in total. The molecule has 2 aromatic rings. The lowest BCUT2D eigenvalue weighted by Crippen LogP contribution is -2.04. The molecule has 0 fully saturated rings. The maximum atomic E-state index is 11.0. The minimum atomic E-state index is -3.31. The number of hydrogen-bond acceptors (Lipinski definition) is 4. The van der Waals surface area contributed by atoms with E-state index in [2.05, 4.69) is 0 Å². The molecule has 0 spiro atoms. The van der Waals surface area contributed by atoms with E-state index < -0.39 is 14.8 Å². The number of sulfone groups is 1. The molecule has 0 bridgehead atoms.